The van der Waals surface area contributed by atoms with E-state index in [0.717, 1.165) is 22.4 Å². The zero-order valence-corrected chi connectivity index (χ0v) is 13.4. The van der Waals surface area contributed by atoms with Gasteiger partial charge >= 0.3 is 5.97 Å². The Labute approximate surface area is 130 Å². The number of nitrogens with one attached hydrogen (secondary N) is 2. The van der Waals surface area contributed by atoms with E-state index in [1.165, 1.54) is 6.92 Å². The predicted molar refractivity (Wildman–Crippen MR) is 83.5 cm³/mol. The van der Waals surface area contributed by atoms with Gasteiger partial charge in [-0.3, -0.25) is 14.4 Å². The van der Waals surface area contributed by atoms with E-state index in [-0.39, 0.29) is 31.4 Å². The number of carbonyl (C=O) groups is 3. The molecule has 0 radical (unpaired) electrons. The quantitative estimate of drug-likeness (QED) is 0.782. The van der Waals surface area contributed by atoms with Crippen molar-refractivity contribution in [1.82, 2.24) is 5.32 Å². The van der Waals surface area contributed by atoms with Crippen LogP contribution >= 0.6 is 0 Å². The SMILES string of the molecule is CC(=O)NCCC(=O)OCC(=O)Nc1c(C)cc(C)cc1C. The molecule has 1 rings (SSSR count). The molecular weight excluding hydrogens is 284 g/mol. The van der Waals surface area contributed by atoms with E-state index < -0.39 is 5.97 Å². The highest BCUT2D eigenvalue weighted by Crippen LogP contribution is 2.21. The summed E-state index contributed by atoms with van der Waals surface area (Å²) < 4.78 is 4.86. The zero-order valence-electron chi connectivity index (χ0n) is 13.4. The van der Waals surface area contributed by atoms with E-state index >= 15 is 0 Å². The van der Waals surface area contributed by atoms with Crippen LogP contribution in [0.4, 0.5) is 5.69 Å². The second-order valence-corrected chi connectivity index (χ2v) is 5.22. The largest absolute Gasteiger partial charge is 0.456 e. The van der Waals surface area contributed by atoms with E-state index in [2.05, 4.69) is 10.6 Å². The molecule has 1 aromatic rings. The molecular formula is C16H22N2O4. The number of benzene rings is 1. The molecule has 0 saturated carbocycles. The number of hydrogen-bond donors (Lipinski definition) is 2. The van der Waals surface area contributed by atoms with Gasteiger partial charge in [0.15, 0.2) is 6.61 Å². The Kier molecular flexibility index (Phi) is 6.56. The minimum Gasteiger partial charge on any atom is -0.456 e. The van der Waals surface area contributed by atoms with Crippen LogP contribution < -0.4 is 10.6 Å². The summed E-state index contributed by atoms with van der Waals surface area (Å²) in [4.78, 5) is 33.9. The van der Waals surface area contributed by atoms with Crippen LogP contribution in [0.15, 0.2) is 12.1 Å². The first-order valence-corrected chi connectivity index (χ1v) is 7.07. The fourth-order valence-electron chi connectivity index (χ4n) is 2.11. The molecule has 0 bridgehead atoms. The Bertz CT molecular complexity index is 559. The van der Waals surface area contributed by atoms with Crippen molar-refractivity contribution in [1.29, 1.82) is 0 Å². The maximum atomic E-state index is 11.8. The molecule has 0 fully saturated rings. The average molecular weight is 306 g/mol. The van der Waals surface area contributed by atoms with E-state index in [1.54, 1.807) is 0 Å². The summed E-state index contributed by atoms with van der Waals surface area (Å²) in [6.07, 6.45) is 0.0372. The molecule has 0 aromatic heterocycles. The van der Waals surface area contributed by atoms with Gasteiger partial charge in [0.05, 0.1) is 6.42 Å². The summed E-state index contributed by atoms with van der Waals surface area (Å²) >= 11 is 0. The molecule has 0 unspecified atom stereocenters. The highest BCUT2D eigenvalue weighted by atomic mass is 16.5. The number of aryl methyl sites for hydroxylation is 3. The number of esters is 1. The lowest BCUT2D eigenvalue weighted by Crippen LogP contribution is -2.26. The first kappa shape index (κ1) is 17.7. The first-order chi connectivity index (χ1) is 10.3. The smallest absolute Gasteiger partial charge is 0.308 e. The summed E-state index contributed by atoms with van der Waals surface area (Å²) in [5.41, 5.74) is 3.79. The number of anilines is 1. The molecule has 1 aromatic carbocycles. The molecule has 0 aliphatic heterocycles. The van der Waals surface area contributed by atoms with Crippen molar-refractivity contribution in [2.75, 3.05) is 18.5 Å². The van der Waals surface area contributed by atoms with Crippen LogP contribution in [0.1, 0.15) is 30.0 Å². The Morgan fingerprint density at radius 1 is 1.09 bits per heavy atom. The van der Waals surface area contributed by atoms with E-state index in [4.69, 9.17) is 4.74 Å². The number of rotatable bonds is 6. The van der Waals surface area contributed by atoms with Gasteiger partial charge in [0.2, 0.25) is 5.91 Å². The fraction of sp³-hybridized carbons (Fsp3) is 0.438. The van der Waals surface area contributed by atoms with Crippen LogP contribution in [0.2, 0.25) is 0 Å². The molecule has 6 nitrogen and oxygen atoms in total. The molecule has 2 amide bonds. The monoisotopic (exact) mass is 306 g/mol. The van der Waals surface area contributed by atoms with Crippen LogP contribution in [0, 0.1) is 20.8 Å². The molecule has 6 heteroatoms. The topological polar surface area (TPSA) is 84.5 Å². The predicted octanol–water partition coefficient (Wildman–Crippen LogP) is 1.62. The normalized spacial score (nSPS) is 10.0. The standard InChI is InChI=1S/C16H22N2O4/c1-10-7-11(2)16(12(3)8-10)18-14(20)9-22-15(21)5-6-17-13(4)19/h7-8H,5-6,9H2,1-4H3,(H,17,19)(H,18,20). The lowest BCUT2D eigenvalue weighted by molar-refractivity contribution is -0.147. The third-order valence-electron chi connectivity index (χ3n) is 3.01. The van der Waals surface area contributed by atoms with Crippen LogP contribution in [0.3, 0.4) is 0 Å². The Morgan fingerprint density at radius 2 is 1.68 bits per heavy atom. The second kappa shape index (κ2) is 8.17. The highest BCUT2D eigenvalue weighted by Gasteiger charge is 2.11. The second-order valence-electron chi connectivity index (χ2n) is 5.22. The van der Waals surface area contributed by atoms with Crippen LogP contribution in [-0.4, -0.2) is 30.9 Å². The van der Waals surface area contributed by atoms with Gasteiger partial charge in [0.25, 0.3) is 5.91 Å². The summed E-state index contributed by atoms with van der Waals surface area (Å²) in [7, 11) is 0. The summed E-state index contributed by atoms with van der Waals surface area (Å²) in [5, 5.41) is 5.23. The molecule has 22 heavy (non-hydrogen) atoms. The fourth-order valence-corrected chi connectivity index (χ4v) is 2.11. The first-order valence-electron chi connectivity index (χ1n) is 7.07. The number of hydrogen-bond acceptors (Lipinski definition) is 4. The molecule has 0 atom stereocenters. The zero-order chi connectivity index (χ0) is 16.7. The third kappa shape index (κ3) is 5.95. The molecule has 2 N–H and O–H groups in total. The van der Waals surface area contributed by atoms with Gasteiger partial charge < -0.3 is 15.4 Å². The van der Waals surface area contributed by atoms with Gasteiger partial charge in [-0.05, 0) is 31.9 Å². The van der Waals surface area contributed by atoms with Gasteiger partial charge in [-0.2, -0.15) is 0 Å². The van der Waals surface area contributed by atoms with Crippen molar-refractivity contribution in [2.45, 2.75) is 34.1 Å². The number of amides is 2. The van der Waals surface area contributed by atoms with Gasteiger partial charge in [0.1, 0.15) is 0 Å². The Balaban J connectivity index is 2.44. The molecule has 0 aliphatic carbocycles. The Morgan fingerprint density at radius 3 is 2.23 bits per heavy atom. The van der Waals surface area contributed by atoms with Crippen LogP contribution in [0.5, 0.6) is 0 Å². The maximum absolute atomic E-state index is 11.8. The lowest BCUT2D eigenvalue weighted by Gasteiger charge is -2.13. The van der Waals surface area contributed by atoms with Crippen molar-refractivity contribution >= 4 is 23.5 Å². The highest BCUT2D eigenvalue weighted by molar-refractivity contribution is 5.94. The van der Waals surface area contributed by atoms with Crippen molar-refractivity contribution in [3.05, 3.63) is 28.8 Å². The van der Waals surface area contributed by atoms with Gasteiger partial charge in [-0.1, -0.05) is 17.7 Å². The van der Waals surface area contributed by atoms with E-state index in [0.29, 0.717) is 0 Å². The van der Waals surface area contributed by atoms with Crippen LogP contribution in [0.25, 0.3) is 0 Å². The molecule has 0 spiro atoms. The van der Waals surface area contributed by atoms with E-state index in [1.807, 2.05) is 32.9 Å². The van der Waals surface area contributed by atoms with E-state index in [9.17, 15) is 14.4 Å². The molecule has 120 valence electrons. The third-order valence-corrected chi connectivity index (χ3v) is 3.01. The van der Waals surface area contributed by atoms with Crippen molar-refractivity contribution in [3.8, 4) is 0 Å². The minimum absolute atomic E-state index is 0.0372. The minimum atomic E-state index is -0.527. The van der Waals surface area contributed by atoms with Gasteiger partial charge in [0, 0.05) is 19.2 Å². The summed E-state index contributed by atoms with van der Waals surface area (Å²) in [6.45, 7) is 7.04. The van der Waals surface area contributed by atoms with Crippen molar-refractivity contribution < 1.29 is 19.1 Å². The Hall–Kier alpha value is -2.37. The molecule has 0 saturated heterocycles. The maximum Gasteiger partial charge on any atom is 0.308 e. The lowest BCUT2D eigenvalue weighted by atomic mass is 10.1. The molecule has 0 heterocycles. The number of carbonyl (C=O) groups excluding carboxylic acids is 3. The summed E-state index contributed by atoms with van der Waals surface area (Å²) in [5.74, 6) is -1.12. The van der Waals surface area contributed by atoms with Crippen molar-refractivity contribution in [2.24, 2.45) is 0 Å². The van der Waals surface area contributed by atoms with Crippen LogP contribution in [-0.2, 0) is 19.1 Å². The van der Waals surface area contributed by atoms with Gasteiger partial charge in [-0.25, -0.2) is 0 Å². The number of ether oxygens (including phenoxy) is 1. The summed E-state index contributed by atoms with van der Waals surface area (Å²) in [6, 6.07) is 3.95. The average Bonchev–Trinajstić information content (AvgIpc) is 2.40. The molecule has 0 aliphatic rings. The van der Waals surface area contributed by atoms with Crippen molar-refractivity contribution in [3.63, 3.8) is 0 Å². The van der Waals surface area contributed by atoms with Gasteiger partial charge in [-0.15, -0.1) is 0 Å².